The highest BCUT2D eigenvalue weighted by atomic mass is 19.1. The number of ether oxygens (including phenoxy) is 1. The first kappa shape index (κ1) is 18.8. The summed E-state index contributed by atoms with van der Waals surface area (Å²) in [4.78, 5) is 27.2. The summed E-state index contributed by atoms with van der Waals surface area (Å²) in [6.07, 6.45) is 4.17. The lowest BCUT2D eigenvalue weighted by molar-refractivity contribution is -0.130. The Bertz CT molecular complexity index is 658. The van der Waals surface area contributed by atoms with Gasteiger partial charge in [-0.2, -0.15) is 0 Å². The first-order chi connectivity index (χ1) is 12.6. The van der Waals surface area contributed by atoms with E-state index >= 15 is 0 Å². The van der Waals surface area contributed by atoms with E-state index in [1.807, 2.05) is 0 Å². The van der Waals surface area contributed by atoms with Crippen LogP contribution in [0.5, 0.6) is 0 Å². The summed E-state index contributed by atoms with van der Waals surface area (Å²) >= 11 is 0. The van der Waals surface area contributed by atoms with Crippen LogP contribution < -0.4 is 5.32 Å². The molecule has 2 fully saturated rings. The second kappa shape index (κ2) is 8.16. The molecule has 1 spiro atoms. The molecule has 0 radical (unpaired) electrons. The molecule has 1 aliphatic carbocycles. The second-order valence-corrected chi connectivity index (χ2v) is 7.45. The van der Waals surface area contributed by atoms with Gasteiger partial charge in [0.2, 0.25) is 11.8 Å². The first-order valence-electron chi connectivity index (χ1n) is 9.33. The predicted molar refractivity (Wildman–Crippen MR) is 96.0 cm³/mol. The van der Waals surface area contributed by atoms with E-state index in [1.165, 1.54) is 6.07 Å². The molecule has 1 N–H and O–H groups in total. The Morgan fingerprint density at radius 1 is 1.31 bits per heavy atom. The van der Waals surface area contributed by atoms with Crippen LogP contribution in [0, 0.1) is 17.2 Å². The summed E-state index contributed by atoms with van der Waals surface area (Å²) in [6, 6.07) is 6.37. The molecule has 1 saturated heterocycles. The number of hydrogen-bond acceptors (Lipinski definition) is 3. The lowest BCUT2D eigenvalue weighted by Gasteiger charge is -2.28. The lowest BCUT2D eigenvalue weighted by atomic mass is 9.76. The summed E-state index contributed by atoms with van der Waals surface area (Å²) in [5.74, 6) is -0.644. The van der Waals surface area contributed by atoms with Gasteiger partial charge in [-0.15, -0.1) is 0 Å². The van der Waals surface area contributed by atoms with E-state index in [0.717, 1.165) is 25.7 Å². The number of halogens is 1. The number of benzene rings is 1. The van der Waals surface area contributed by atoms with E-state index in [4.69, 9.17) is 4.74 Å². The molecule has 5 nitrogen and oxygen atoms in total. The molecule has 1 atom stereocenters. The number of rotatable bonds is 6. The quantitative estimate of drug-likeness (QED) is 0.789. The molecule has 142 valence electrons. The number of methoxy groups -OCH3 is 1. The fourth-order valence-electron chi connectivity index (χ4n) is 4.42. The van der Waals surface area contributed by atoms with Gasteiger partial charge in [0, 0.05) is 32.2 Å². The van der Waals surface area contributed by atoms with E-state index in [-0.39, 0.29) is 35.4 Å². The standard InChI is InChI=1S/C20H27FN2O3/c1-26-11-10-22-19(25)16-13-23(14-20(16)8-4-5-9-20)18(24)12-15-6-2-3-7-17(15)21/h2-3,6-7,16H,4-5,8-14H2,1H3,(H,22,25). The molecule has 1 saturated carbocycles. The SMILES string of the molecule is COCCNC(=O)C1CN(C(=O)Cc2ccccc2F)CC12CCCC2. The maximum absolute atomic E-state index is 13.9. The smallest absolute Gasteiger partial charge is 0.227 e. The molecule has 6 heteroatoms. The van der Waals surface area contributed by atoms with Gasteiger partial charge in [0.15, 0.2) is 0 Å². The van der Waals surface area contributed by atoms with Gasteiger partial charge in [0.25, 0.3) is 0 Å². The van der Waals surface area contributed by atoms with Crippen molar-refractivity contribution in [2.24, 2.45) is 11.3 Å². The largest absolute Gasteiger partial charge is 0.383 e. The maximum Gasteiger partial charge on any atom is 0.227 e. The van der Waals surface area contributed by atoms with Crippen LogP contribution in [-0.2, 0) is 20.7 Å². The Morgan fingerprint density at radius 3 is 2.73 bits per heavy atom. The molecule has 1 aliphatic heterocycles. The van der Waals surface area contributed by atoms with Crippen molar-refractivity contribution >= 4 is 11.8 Å². The van der Waals surface area contributed by atoms with Crippen molar-refractivity contribution in [1.29, 1.82) is 0 Å². The molecule has 0 bridgehead atoms. The third kappa shape index (κ3) is 3.90. The van der Waals surface area contributed by atoms with Gasteiger partial charge in [0.1, 0.15) is 5.82 Å². The van der Waals surface area contributed by atoms with Crippen LogP contribution in [0.15, 0.2) is 24.3 Å². The lowest BCUT2D eigenvalue weighted by Crippen LogP contribution is -2.41. The zero-order valence-corrected chi connectivity index (χ0v) is 15.3. The Labute approximate surface area is 153 Å². The number of carbonyl (C=O) groups is 2. The van der Waals surface area contributed by atoms with Gasteiger partial charge in [-0.1, -0.05) is 31.0 Å². The Morgan fingerprint density at radius 2 is 2.04 bits per heavy atom. The highest BCUT2D eigenvalue weighted by Gasteiger charge is 2.52. The third-order valence-corrected chi connectivity index (χ3v) is 5.82. The number of hydrogen-bond donors (Lipinski definition) is 1. The normalized spacial score (nSPS) is 21.3. The molecule has 1 aromatic carbocycles. The fourth-order valence-corrected chi connectivity index (χ4v) is 4.42. The highest BCUT2D eigenvalue weighted by Crippen LogP contribution is 2.49. The van der Waals surface area contributed by atoms with Crippen LogP contribution in [0.1, 0.15) is 31.2 Å². The van der Waals surface area contributed by atoms with E-state index in [0.29, 0.717) is 31.8 Å². The number of amides is 2. The van der Waals surface area contributed by atoms with Crippen LogP contribution in [0.4, 0.5) is 4.39 Å². The molecule has 26 heavy (non-hydrogen) atoms. The van der Waals surface area contributed by atoms with Crippen LogP contribution in [0.3, 0.4) is 0 Å². The molecule has 3 rings (SSSR count). The average molecular weight is 362 g/mol. The van der Waals surface area contributed by atoms with Crippen LogP contribution in [0.2, 0.25) is 0 Å². The van der Waals surface area contributed by atoms with Gasteiger partial charge < -0.3 is 15.0 Å². The number of nitrogens with one attached hydrogen (secondary N) is 1. The fraction of sp³-hybridized carbons (Fsp3) is 0.600. The number of likely N-dealkylation sites (tertiary alicyclic amines) is 1. The van der Waals surface area contributed by atoms with Gasteiger partial charge in [-0.3, -0.25) is 9.59 Å². The minimum atomic E-state index is -0.357. The van der Waals surface area contributed by atoms with Crippen molar-refractivity contribution in [2.75, 3.05) is 33.4 Å². The molecular weight excluding hydrogens is 335 g/mol. The minimum Gasteiger partial charge on any atom is -0.383 e. The zero-order chi connectivity index (χ0) is 18.6. The van der Waals surface area contributed by atoms with Crippen LogP contribution in [-0.4, -0.2) is 50.1 Å². The van der Waals surface area contributed by atoms with Gasteiger partial charge in [0.05, 0.1) is 18.9 Å². The maximum atomic E-state index is 13.9. The monoisotopic (exact) mass is 362 g/mol. The van der Waals surface area contributed by atoms with Crippen molar-refractivity contribution in [3.8, 4) is 0 Å². The van der Waals surface area contributed by atoms with Crippen molar-refractivity contribution < 1.29 is 18.7 Å². The van der Waals surface area contributed by atoms with Gasteiger partial charge in [-0.25, -0.2) is 4.39 Å². The molecule has 1 aromatic rings. The van der Waals surface area contributed by atoms with E-state index in [9.17, 15) is 14.0 Å². The van der Waals surface area contributed by atoms with Crippen LogP contribution in [0.25, 0.3) is 0 Å². The van der Waals surface area contributed by atoms with Crippen LogP contribution >= 0.6 is 0 Å². The average Bonchev–Trinajstić information content (AvgIpc) is 3.25. The van der Waals surface area contributed by atoms with Crippen molar-refractivity contribution in [1.82, 2.24) is 10.2 Å². The molecule has 1 heterocycles. The number of nitrogens with zero attached hydrogens (tertiary/aromatic N) is 1. The van der Waals surface area contributed by atoms with Crippen molar-refractivity contribution in [2.45, 2.75) is 32.1 Å². The first-order valence-corrected chi connectivity index (χ1v) is 9.33. The summed E-state index contributed by atoms with van der Waals surface area (Å²) in [5, 5.41) is 2.93. The zero-order valence-electron chi connectivity index (χ0n) is 15.3. The molecule has 1 unspecified atom stereocenters. The van der Waals surface area contributed by atoms with Crippen molar-refractivity contribution in [3.63, 3.8) is 0 Å². The highest BCUT2D eigenvalue weighted by molar-refractivity contribution is 5.84. The predicted octanol–water partition coefficient (Wildman–Crippen LogP) is 2.15. The van der Waals surface area contributed by atoms with Crippen molar-refractivity contribution in [3.05, 3.63) is 35.6 Å². The Hall–Kier alpha value is -1.95. The third-order valence-electron chi connectivity index (χ3n) is 5.82. The number of carbonyl (C=O) groups excluding carboxylic acids is 2. The van der Waals surface area contributed by atoms with E-state index in [1.54, 1.807) is 30.2 Å². The molecular formula is C20H27FN2O3. The van der Waals surface area contributed by atoms with Gasteiger partial charge >= 0.3 is 0 Å². The summed E-state index contributed by atoms with van der Waals surface area (Å²) in [6.45, 7) is 1.97. The van der Waals surface area contributed by atoms with Gasteiger partial charge in [-0.05, 0) is 24.5 Å². The Kier molecular flexibility index (Phi) is 5.91. The summed E-state index contributed by atoms with van der Waals surface area (Å²) in [5.41, 5.74) is 0.285. The summed E-state index contributed by atoms with van der Waals surface area (Å²) in [7, 11) is 1.60. The molecule has 2 amide bonds. The second-order valence-electron chi connectivity index (χ2n) is 7.45. The Balaban J connectivity index is 1.69. The van der Waals surface area contributed by atoms with E-state index in [2.05, 4.69) is 5.32 Å². The molecule has 0 aromatic heterocycles. The van der Waals surface area contributed by atoms with E-state index < -0.39 is 0 Å². The molecule has 2 aliphatic rings. The minimum absolute atomic E-state index is 0.00476. The summed E-state index contributed by atoms with van der Waals surface area (Å²) < 4.78 is 18.9. The topological polar surface area (TPSA) is 58.6 Å².